The van der Waals surface area contributed by atoms with Gasteiger partial charge in [-0.3, -0.25) is 0 Å². The number of rotatable bonds is 2. The van der Waals surface area contributed by atoms with E-state index in [1.165, 1.54) is 5.39 Å². The number of aromatic amines is 1. The second-order valence-corrected chi connectivity index (χ2v) is 4.47. The molecule has 92 valence electrons. The fourth-order valence-corrected chi connectivity index (χ4v) is 2.34. The first-order valence-electron chi connectivity index (χ1n) is 6.01. The lowest BCUT2D eigenvalue weighted by atomic mass is 10.1. The molecule has 3 rings (SSSR count). The number of nitrogens with zero attached hydrogens (tertiary/aromatic N) is 2. The second-order valence-electron chi connectivity index (χ2n) is 4.47. The third-order valence-corrected chi connectivity index (χ3v) is 3.50. The first-order valence-corrected chi connectivity index (χ1v) is 6.01. The maximum atomic E-state index is 5.71. The molecule has 0 unspecified atom stereocenters. The zero-order valence-corrected chi connectivity index (χ0v) is 10.6. The fourth-order valence-electron chi connectivity index (χ4n) is 2.34. The molecule has 0 atom stereocenters. The van der Waals surface area contributed by atoms with E-state index >= 15 is 0 Å². The largest absolute Gasteiger partial charge is 0.360 e. The Labute approximate surface area is 105 Å². The molecule has 2 aromatic heterocycles. The molecule has 0 spiro atoms. The molecular weight excluding hydrogens is 224 g/mol. The Balaban J connectivity index is 2.26. The van der Waals surface area contributed by atoms with E-state index in [4.69, 9.17) is 5.73 Å². The molecule has 18 heavy (non-hydrogen) atoms. The Morgan fingerprint density at radius 3 is 2.83 bits per heavy atom. The van der Waals surface area contributed by atoms with Gasteiger partial charge in [0, 0.05) is 35.4 Å². The van der Waals surface area contributed by atoms with Crippen LogP contribution < -0.4 is 5.73 Å². The molecule has 4 nitrogen and oxygen atoms in total. The summed E-state index contributed by atoms with van der Waals surface area (Å²) >= 11 is 0. The second kappa shape index (κ2) is 3.99. The number of benzene rings is 1. The first kappa shape index (κ1) is 11.0. The topological polar surface area (TPSA) is 59.6 Å². The van der Waals surface area contributed by atoms with Crippen molar-refractivity contribution >= 4 is 10.9 Å². The minimum atomic E-state index is 0.458. The van der Waals surface area contributed by atoms with Crippen LogP contribution in [0.2, 0.25) is 0 Å². The zero-order chi connectivity index (χ0) is 12.7. The lowest BCUT2D eigenvalue weighted by Crippen LogP contribution is -2.05. The van der Waals surface area contributed by atoms with Crippen molar-refractivity contribution < 1.29 is 0 Å². The van der Waals surface area contributed by atoms with Crippen LogP contribution in [0.3, 0.4) is 0 Å². The number of imidazole rings is 1. The van der Waals surface area contributed by atoms with E-state index < -0.39 is 0 Å². The number of hydrogen-bond acceptors (Lipinski definition) is 2. The molecule has 0 aliphatic heterocycles. The predicted molar refractivity (Wildman–Crippen MR) is 73.1 cm³/mol. The molecular formula is C14H16N4. The number of para-hydroxylation sites is 1. The summed E-state index contributed by atoms with van der Waals surface area (Å²) in [5.74, 6) is 0.910. The number of nitrogens with one attached hydrogen (secondary N) is 1. The number of hydrogen-bond donors (Lipinski definition) is 2. The minimum Gasteiger partial charge on any atom is -0.360 e. The van der Waals surface area contributed by atoms with Crippen molar-refractivity contribution in [3.63, 3.8) is 0 Å². The molecule has 0 aliphatic rings. The summed E-state index contributed by atoms with van der Waals surface area (Å²) in [6.07, 6.45) is 2.01. The van der Waals surface area contributed by atoms with Gasteiger partial charge in [-0.1, -0.05) is 18.2 Å². The highest BCUT2D eigenvalue weighted by Crippen LogP contribution is 2.30. The van der Waals surface area contributed by atoms with Gasteiger partial charge in [0.25, 0.3) is 0 Å². The van der Waals surface area contributed by atoms with Gasteiger partial charge in [0.2, 0.25) is 0 Å². The van der Waals surface area contributed by atoms with E-state index in [0.29, 0.717) is 6.54 Å². The first-order chi connectivity index (χ1) is 8.72. The summed E-state index contributed by atoms with van der Waals surface area (Å²) in [5.41, 5.74) is 10.1. The van der Waals surface area contributed by atoms with E-state index in [1.54, 1.807) is 0 Å². The van der Waals surface area contributed by atoms with Crippen LogP contribution >= 0.6 is 0 Å². The summed E-state index contributed by atoms with van der Waals surface area (Å²) in [6.45, 7) is 2.53. The highest BCUT2D eigenvalue weighted by Gasteiger charge is 2.14. The van der Waals surface area contributed by atoms with Gasteiger partial charge in [-0.2, -0.15) is 0 Å². The average Bonchev–Trinajstić information content (AvgIpc) is 2.93. The smallest absolute Gasteiger partial charge is 0.123 e. The zero-order valence-electron chi connectivity index (χ0n) is 10.6. The molecule has 0 bridgehead atoms. The Hall–Kier alpha value is -2.07. The summed E-state index contributed by atoms with van der Waals surface area (Å²) in [7, 11) is 2.00. The summed E-state index contributed by atoms with van der Waals surface area (Å²) in [6, 6.07) is 8.25. The maximum Gasteiger partial charge on any atom is 0.123 e. The Morgan fingerprint density at radius 2 is 2.11 bits per heavy atom. The predicted octanol–water partition coefficient (Wildman–Crippen LogP) is 2.34. The van der Waals surface area contributed by atoms with Crippen molar-refractivity contribution in [2.45, 2.75) is 13.5 Å². The van der Waals surface area contributed by atoms with Crippen LogP contribution in [0.25, 0.3) is 22.2 Å². The van der Waals surface area contributed by atoms with E-state index in [2.05, 4.69) is 33.6 Å². The third kappa shape index (κ3) is 1.46. The van der Waals surface area contributed by atoms with Crippen molar-refractivity contribution in [2.24, 2.45) is 12.8 Å². The van der Waals surface area contributed by atoms with Crippen LogP contribution in [-0.4, -0.2) is 14.5 Å². The van der Waals surface area contributed by atoms with E-state index in [-0.39, 0.29) is 0 Å². The fraction of sp³-hybridized carbons (Fsp3) is 0.214. The quantitative estimate of drug-likeness (QED) is 0.722. The van der Waals surface area contributed by atoms with Gasteiger partial charge in [0.15, 0.2) is 0 Å². The van der Waals surface area contributed by atoms with Gasteiger partial charge < -0.3 is 15.3 Å². The number of H-pyrrole nitrogens is 1. The average molecular weight is 240 g/mol. The Bertz CT molecular complexity index is 706. The number of fused-ring (bicyclic) bond motifs is 1. The number of nitrogens with two attached hydrogens (primary N) is 1. The molecule has 3 N–H and O–H groups in total. The van der Waals surface area contributed by atoms with E-state index in [1.807, 2.05) is 25.4 Å². The third-order valence-electron chi connectivity index (χ3n) is 3.50. The minimum absolute atomic E-state index is 0.458. The van der Waals surface area contributed by atoms with Crippen LogP contribution in [-0.2, 0) is 13.6 Å². The highest BCUT2D eigenvalue weighted by atomic mass is 15.1. The van der Waals surface area contributed by atoms with Crippen LogP contribution in [0.1, 0.15) is 11.5 Å². The molecule has 0 radical (unpaired) electrons. The van der Waals surface area contributed by atoms with Crippen LogP contribution in [0, 0.1) is 6.92 Å². The van der Waals surface area contributed by atoms with E-state index in [0.717, 1.165) is 28.3 Å². The monoisotopic (exact) mass is 240 g/mol. The lowest BCUT2D eigenvalue weighted by Gasteiger charge is -1.99. The van der Waals surface area contributed by atoms with Crippen molar-refractivity contribution in [2.75, 3.05) is 0 Å². The molecule has 4 heteroatoms. The number of aromatic nitrogens is 3. The van der Waals surface area contributed by atoms with Gasteiger partial charge in [0.1, 0.15) is 5.82 Å². The molecule has 0 aliphatic carbocycles. The summed E-state index contributed by atoms with van der Waals surface area (Å²) in [5, 5.41) is 1.20. The van der Waals surface area contributed by atoms with Crippen LogP contribution in [0.4, 0.5) is 0 Å². The van der Waals surface area contributed by atoms with Crippen molar-refractivity contribution in [1.29, 1.82) is 0 Å². The summed E-state index contributed by atoms with van der Waals surface area (Å²) < 4.78 is 2.05. The Kier molecular flexibility index (Phi) is 2.45. The molecule has 1 aromatic carbocycles. The van der Waals surface area contributed by atoms with Gasteiger partial charge in [0.05, 0.1) is 12.2 Å². The lowest BCUT2D eigenvalue weighted by molar-refractivity contribution is 0.774. The maximum absolute atomic E-state index is 5.71. The van der Waals surface area contributed by atoms with Crippen molar-refractivity contribution in [3.05, 3.63) is 42.0 Å². The van der Waals surface area contributed by atoms with Crippen molar-refractivity contribution in [1.82, 2.24) is 14.5 Å². The van der Waals surface area contributed by atoms with Gasteiger partial charge in [-0.25, -0.2) is 4.98 Å². The van der Waals surface area contributed by atoms with Gasteiger partial charge >= 0.3 is 0 Å². The normalized spacial score (nSPS) is 11.3. The van der Waals surface area contributed by atoms with Gasteiger partial charge in [-0.05, 0) is 13.0 Å². The Morgan fingerprint density at radius 1 is 1.33 bits per heavy atom. The molecule has 0 amide bonds. The molecule has 0 saturated heterocycles. The van der Waals surface area contributed by atoms with Crippen LogP contribution in [0.5, 0.6) is 0 Å². The molecule has 3 aromatic rings. The highest BCUT2D eigenvalue weighted by molar-refractivity contribution is 5.95. The summed E-state index contributed by atoms with van der Waals surface area (Å²) in [4.78, 5) is 7.92. The molecule has 0 fully saturated rings. The van der Waals surface area contributed by atoms with Gasteiger partial charge in [-0.15, -0.1) is 0 Å². The standard InChI is InChI=1S/C14H16N4/c1-9-14(17-13(7-15)18(9)2)11-8-16-12-6-4-3-5-10(11)12/h3-6,8,16H,7,15H2,1-2H3. The van der Waals surface area contributed by atoms with E-state index in [9.17, 15) is 0 Å². The molecule has 0 saturated carbocycles. The van der Waals surface area contributed by atoms with Crippen LogP contribution in [0.15, 0.2) is 30.5 Å². The van der Waals surface area contributed by atoms with Crippen molar-refractivity contribution in [3.8, 4) is 11.3 Å². The SMILES string of the molecule is Cc1c(-c2c[nH]c3ccccc23)nc(CN)n1C. The molecule has 2 heterocycles.